The van der Waals surface area contributed by atoms with Gasteiger partial charge in [-0.3, -0.25) is 9.59 Å². The summed E-state index contributed by atoms with van der Waals surface area (Å²) in [4.78, 5) is 40.0. The Hall–Kier alpha value is -2.80. The Morgan fingerprint density at radius 2 is 1.89 bits per heavy atom. The third kappa shape index (κ3) is 3.55. The fraction of sp³-hybridized carbons (Fsp3) is 0.250. The second-order valence-electron chi connectivity index (χ2n) is 6.39. The molecule has 0 fully saturated rings. The molecule has 3 aromatic rings. The second-order valence-corrected chi connectivity index (χ2v) is 7.47. The van der Waals surface area contributed by atoms with E-state index in [0.29, 0.717) is 27.1 Å². The van der Waals surface area contributed by atoms with Gasteiger partial charge < -0.3 is 9.72 Å². The minimum atomic E-state index is -1.03. The molecule has 0 aliphatic carbocycles. The van der Waals surface area contributed by atoms with Gasteiger partial charge in [-0.2, -0.15) is 0 Å². The van der Waals surface area contributed by atoms with E-state index in [2.05, 4.69) is 4.98 Å². The van der Waals surface area contributed by atoms with E-state index in [9.17, 15) is 18.8 Å². The number of hydrogen-bond donors (Lipinski definition) is 1. The Morgan fingerprint density at radius 1 is 1.19 bits per heavy atom. The van der Waals surface area contributed by atoms with Crippen LogP contribution in [-0.4, -0.2) is 28.6 Å². The minimum absolute atomic E-state index is 0.137. The van der Waals surface area contributed by atoms with Crippen molar-refractivity contribution in [3.63, 3.8) is 0 Å². The van der Waals surface area contributed by atoms with Crippen molar-refractivity contribution < 1.29 is 23.5 Å². The summed E-state index contributed by atoms with van der Waals surface area (Å²) in [5, 5.41) is 0.605. The van der Waals surface area contributed by atoms with Crippen molar-refractivity contribution in [2.75, 3.05) is 0 Å². The van der Waals surface area contributed by atoms with Crippen molar-refractivity contribution in [2.45, 2.75) is 33.8 Å². The van der Waals surface area contributed by atoms with Crippen LogP contribution in [0.5, 0.6) is 0 Å². The number of fused-ring (bicyclic) bond motifs is 1. The van der Waals surface area contributed by atoms with Crippen LogP contribution in [-0.2, 0) is 4.74 Å². The van der Waals surface area contributed by atoms with Gasteiger partial charge in [0.2, 0.25) is 5.78 Å². The molecule has 1 aromatic carbocycles. The molecule has 1 N–H and O–H groups in total. The number of halogens is 1. The maximum atomic E-state index is 13.3. The van der Waals surface area contributed by atoms with E-state index in [1.807, 2.05) is 0 Å². The van der Waals surface area contributed by atoms with Crippen molar-refractivity contribution in [3.8, 4) is 0 Å². The fourth-order valence-electron chi connectivity index (χ4n) is 3.11. The molecule has 1 atom stereocenters. The lowest BCUT2D eigenvalue weighted by Gasteiger charge is -2.11. The lowest BCUT2D eigenvalue weighted by molar-refractivity contribution is 0.0321. The summed E-state index contributed by atoms with van der Waals surface area (Å²) >= 11 is 1.17. The highest BCUT2D eigenvalue weighted by atomic mass is 32.1. The minimum Gasteiger partial charge on any atom is -0.450 e. The summed E-state index contributed by atoms with van der Waals surface area (Å²) in [5.41, 5.74) is 1.89. The summed E-state index contributed by atoms with van der Waals surface area (Å²) in [6.45, 7) is 6.32. The summed E-state index contributed by atoms with van der Waals surface area (Å²) in [5.74, 6) is -1.58. The number of carbonyl (C=O) groups is 3. The highest BCUT2D eigenvalue weighted by molar-refractivity contribution is 7.20. The largest absolute Gasteiger partial charge is 0.450 e. The Bertz CT molecular complexity index is 1080. The SMILES string of the molecule is CC(=O)c1c(C)[nH]c(C(=O)[C@@H](C)OC(=O)c2cc3cc(F)ccc3s2)c1C. The Kier molecular flexibility index (Phi) is 4.97. The molecule has 0 aliphatic rings. The van der Waals surface area contributed by atoms with Crippen molar-refractivity contribution in [1.82, 2.24) is 4.98 Å². The number of aromatic nitrogens is 1. The number of nitrogens with one attached hydrogen (secondary N) is 1. The predicted octanol–water partition coefficient (Wildman–Crippen LogP) is 4.62. The number of rotatable bonds is 5. The maximum Gasteiger partial charge on any atom is 0.349 e. The third-order valence-electron chi connectivity index (χ3n) is 4.37. The van der Waals surface area contributed by atoms with Gasteiger partial charge in [0.25, 0.3) is 0 Å². The van der Waals surface area contributed by atoms with Gasteiger partial charge in [0.05, 0.1) is 5.69 Å². The summed E-state index contributed by atoms with van der Waals surface area (Å²) in [6.07, 6.45) is -1.03. The van der Waals surface area contributed by atoms with Crippen LogP contribution in [0.1, 0.15) is 55.6 Å². The van der Waals surface area contributed by atoms with E-state index in [4.69, 9.17) is 4.74 Å². The van der Waals surface area contributed by atoms with E-state index in [1.54, 1.807) is 26.0 Å². The molecular formula is C20H18FNO4S. The molecule has 27 heavy (non-hydrogen) atoms. The number of benzene rings is 1. The zero-order valence-electron chi connectivity index (χ0n) is 15.3. The monoisotopic (exact) mass is 387 g/mol. The number of carbonyl (C=O) groups excluding carboxylic acids is 3. The van der Waals surface area contributed by atoms with Crippen molar-refractivity contribution in [3.05, 3.63) is 57.5 Å². The Balaban J connectivity index is 1.80. The van der Waals surface area contributed by atoms with Gasteiger partial charge in [-0.05, 0) is 62.9 Å². The number of Topliss-reactive ketones (excluding diaryl/α,β-unsaturated/α-hetero) is 2. The highest BCUT2D eigenvalue weighted by Crippen LogP contribution is 2.27. The lowest BCUT2D eigenvalue weighted by atomic mass is 10.0. The molecular weight excluding hydrogens is 369 g/mol. The summed E-state index contributed by atoms with van der Waals surface area (Å²) in [7, 11) is 0. The number of ether oxygens (including phenoxy) is 1. The first-order chi connectivity index (χ1) is 12.7. The predicted molar refractivity (Wildman–Crippen MR) is 101 cm³/mol. The molecule has 0 aliphatic heterocycles. The zero-order valence-corrected chi connectivity index (χ0v) is 16.1. The third-order valence-corrected chi connectivity index (χ3v) is 5.46. The molecule has 5 nitrogen and oxygen atoms in total. The number of esters is 1. The molecule has 0 spiro atoms. The molecule has 0 saturated heterocycles. The molecule has 2 aromatic heterocycles. The van der Waals surface area contributed by atoms with E-state index >= 15 is 0 Å². The second kappa shape index (κ2) is 7.08. The first-order valence-electron chi connectivity index (χ1n) is 8.33. The van der Waals surface area contributed by atoms with Crippen LogP contribution in [0.4, 0.5) is 4.39 Å². The normalized spacial score (nSPS) is 12.2. The van der Waals surface area contributed by atoms with Crippen LogP contribution in [0, 0.1) is 19.7 Å². The van der Waals surface area contributed by atoms with Gasteiger partial charge >= 0.3 is 5.97 Å². The number of aryl methyl sites for hydroxylation is 1. The van der Waals surface area contributed by atoms with Gasteiger partial charge in [-0.25, -0.2) is 9.18 Å². The number of hydrogen-bond acceptors (Lipinski definition) is 5. The first kappa shape index (κ1) is 19.0. The van der Waals surface area contributed by atoms with E-state index in [-0.39, 0.29) is 17.3 Å². The average molecular weight is 387 g/mol. The smallest absolute Gasteiger partial charge is 0.349 e. The number of ketones is 2. The van der Waals surface area contributed by atoms with Crippen LogP contribution in [0.25, 0.3) is 10.1 Å². The molecule has 0 amide bonds. The molecule has 3 rings (SSSR count). The Morgan fingerprint density at radius 3 is 2.52 bits per heavy atom. The number of thiophene rings is 1. The molecule has 7 heteroatoms. The zero-order chi connectivity index (χ0) is 19.9. The van der Waals surface area contributed by atoms with E-state index in [1.165, 1.54) is 37.3 Å². The molecule has 140 valence electrons. The van der Waals surface area contributed by atoms with Crippen LogP contribution >= 0.6 is 11.3 Å². The molecule has 0 radical (unpaired) electrons. The molecule has 0 bridgehead atoms. The average Bonchev–Trinajstić information content (AvgIpc) is 3.14. The standard InChI is InChI=1S/C20H18FNO4S/c1-9-17(11(3)23)10(2)22-18(9)19(24)12(4)26-20(25)16-8-13-7-14(21)5-6-15(13)27-16/h5-8,12,22H,1-4H3/t12-/m1/s1. The van der Waals surface area contributed by atoms with Crippen molar-refractivity contribution in [1.29, 1.82) is 0 Å². The molecule has 0 saturated carbocycles. The highest BCUT2D eigenvalue weighted by Gasteiger charge is 2.26. The van der Waals surface area contributed by atoms with Gasteiger partial charge in [0, 0.05) is 16.0 Å². The van der Waals surface area contributed by atoms with Crippen LogP contribution in [0.2, 0.25) is 0 Å². The fourth-order valence-corrected chi connectivity index (χ4v) is 4.04. The lowest BCUT2D eigenvalue weighted by Crippen LogP contribution is -2.25. The van der Waals surface area contributed by atoms with Crippen LogP contribution < -0.4 is 0 Å². The van der Waals surface area contributed by atoms with Crippen molar-refractivity contribution >= 4 is 39.0 Å². The van der Waals surface area contributed by atoms with Crippen molar-refractivity contribution in [2.24, 2.45) is 0 Å². The van der Waals surface area contributed by atoms with Gasteiger partial charge in [0.15, 0.2) is 11.9 Å². The topological polar surface area (TPSA) is 76.2 Å². The van der Waals surface area contributed by atoms with Gasteiger partial charge in [-0.1, -0.05) is 0 Å². The number of H-pyrrole nitrogens is 1. The van der Waals surface area contributed by atoms with E-state index in [0.717, 1.165) is 4.70 Å². The Labute approximate surface area is 159 Å². The van der Waals surface area contributed by atoms with Crippen LogP contribution in [0.15, 0.2) is 24.3 Å². The van der Waals surface area contributed by atoms with Gasteiger partial charge in [0.1, 0.15) is 10.7 Å². The van der Waals surface area contributed by atoms with Gasteiger partial charge in [-0.15, -0.1) is 11.3 Å². The number of aromatic amines is 1. The molecule has 2 heterocycles. The molecule has 0 unspecified atom stereocenters. The van der Waals surface area contributed by atoms with E-state index < -0.39 is 17.9 Å². The summed E-state index contributed by atoms with van der Waals surface area (Å²) in [6, 6.07) is 5.80. The quantitative estimate of drug-likeness (QED) is 0.512. The summed E-state index contributed by atoms with van der Waals surface area (Å²) < 4.78 is 19.4. The van der Waals surface area contributed by atoms with Crippen LogP contribution in [0.3, 0.4) is 0 Å². The first-order valence-corrected chi connectivity index (χ1v) is 9.15. The maximum absolute atomic E-state index is 13.3.